The van der Waals surface area contributed by atoms with Gasteiger partial charge in [0.05, 0.1) is 0 Å². The predicted molar refractivity (Wildman–Crippen MR) is 60.4 cm³/mol. The molecule has 1 atom stereocenters. The summed E-state index contributed by atoms with van der Waals surface area (Å²) in [5, 5.41) is 8.56. The van der Waals surface area contributed by atoms with Gasteiger partial charge in [-0.3, -0.25) is 0 Å². The summed E-state index contributed by atoms with van der Waals surface area (Å²) in [4.78, 5) is 0. The average molecular weight is 219 g/mol. The molecule has 1 N–H and O–H groups in total. The lowest BCUT2D eigenvalue weighted by Crippen LogP contribution is -1.80. The van der Waals surface area contributed by atoms with Crippen molar-refractivity contribution in [3.63, 3.8) is 0 Å². The molecule has 1 aliphatic rings. The second-order valence-electron chi connectivity index (χ2n) is 3.20. The molecule has 0 aromatic heterocycles. The molecule has 3 heteroatoms. The minimum absolute atomic E-state index is 0.309. The number of hydrogen-bond acceptors (Lipinski definition) is 1. The van der Waals surface area contributed by atoms with Crippen molar-refractivity contribution in [1.82, 2.24) is 0 Å². The van der Waals surface area contributed by atoms with Gasteiger partial charge in [0.25, 0.3) is 0 Å². The van der Waals surface area contributed by atoms with Crippen LogP contribution in [-0.2, 0) is 0 Å². The third-order valence-electron chi connectivity index (χ3n) is 2.03. The Kier molecular flexibility index (Phi) is 5.70. The quantitative estimate of drug-likeness (QED) is 0.552. The van der Waals surface area contributed by atoms with Crippen LogP contribution in [0.25, 0.3) is 0 Å². The zero-order valence-corrected chi connectivity index (χ0v) is 9.40. The first kappa shape index (κ1) is 11.2. The minimum atomic E-state index is -0.313. The molecule has 0 aromatic rings. The molecule has 0 spiro atoms. The third-order valence-corrected chi connectivity index (χ3v) is 4.09. The van der Waals surface area contributed by atoms with E-state index in [1.54, 1.807) is 0 Å². The Morgan fingerprint density at radius 3 is 3.00 bits per heavy atom. The molecule has 0 bridgehead atoms. The normalized spacial score (nSPS) is 22.6. The maximum absolute atomic E-state index is 8.56. The Morgan fingerprint density at radius 1 is 1.54 bits per heavy atom. The largest absolute Gasteiger partial charge is 0.396 e. The SMILES string of the molecule is OCCCC/C=C/C1=CP(Cl)CC1. The molecule has 0 saturated carbocycles. The lowest BCUT2D eigenvalue weighted by atomic mass is 10.2. The van der Waals surface area contributed by atoms with Gasteiger partial charge >= 0.3 is 0 Å². The van der Waals surface area contributed by atoms with Crippen molar-refractivity contribution < 1.29 is 5.11 Å². The van der Waals surface area contributed by atoms with Crippen LogP contribution in [-0.4, -0.2) is 17.9 Å². The lowest BCUT2D eigenvalue weighted by Gasteiger charge is -1.92. The van der Waals surface area contributed by atoms with Crippen LogP contribution in [0.5, 0.6) is 0 Å². The monoisotopic (exact) mass is 218 g/mol. The molecule has 1 unspecified atom stereocenters. The summed E-state index contributed by atoms with van der Waals surface area (Å²) in [5.41, 5.74) is 1.39. The number of aliphatic hydroxyl groups is 1. The maximum Gasteiger partial charge on any atom is 0.0431 e. The Bertz CT molecular complexity index is 201. The summed E-state index contributed by atoms with van der Waals surface area (Å²) in [5.74, 6) is 2.19. The summed E-state index contributed by atoms with van der Waals surface area (Å²) in [6, 6.07) is 0. The minimum Gasteiger partial charge on any atom is -0.396 e. The molecule has 0 aromatic carbocycles. The van der Waals surface area contributed by atoms with Crippen LogP contribution in [0, 0.1) is 0 Å². The van der Waals surface area contributed by atoms with Crippen molar-refractivity contribution in [2.24, 2.45) is 0 Å². The molecule has 0 aliphatic carbocycles. The second-order valence-corrected chi connectivity index (χ2v) is 6.01. The highest BCUT2D eigenvalue weighted by Crippen LogP contribution is 2.50. The Hall–Kier alpha value is 0.160. The molecule has 1 nitrogen and oxygen atoms in total. The van der Waals surface area contributed by atoms with Gasteiger partial charge in [-0.05, 0) is 43.2 Å². The van der Waals surface area contributed by atoms with E-state index in [1.807, 2.05) is 0 Å². The predicted octanol–water partition coefficient (Wildman–Crippen LogP) is 3.63. The zero-order valence-electron chi connectivity index (χ0n) is 7.75. The fraction of sp³-hybridized carbons (Fsp3) is 0.600. The lowest BCUT2D eigenvalue weighted by molar-refractivity contribution is 0.285. The van der Waals surface area contributed by atoms with Crippen molar-refractivity contribution >= 4 is 18.5 Å². The van der Waals surface area contributed by atoms with Crippen LogP contribution < -0.4 is 0 Å². The van der Waals surface area contributed by atoms with Crippen molar-refractivity contribution in [3.05, 3.63) is 23.5 Å². The highest BCUT2D eigenvalue weighted by atomic mass is 35.7. The van der Waals surface area contributed by atoms with Gasteiger partial charge in [0.15, 0.2) is 0 Å². The smallest absolute Gasteiger partial charge is 0.0431 e. The molecule has 1 heterocycles. The molecule has 1 aliphatic heterocycles. The molecule has 0 fully saturated rings. The van der Waals surface area contributed by atoms with E-state index in [0.717, 1.165) is 31.8 Å². The Morgan fingerprint density at radius 2 is 2.38 bits per heavy atom. The maximum atomic E-state index is 8.56. The van der Waals surface area contributed by atoms with Gasteiger partial charge in [0.1, 0.15) is 0 Å². The Balaban J connectivity index is 2.13. The van der Waals surface area contributed by atoms with E-state index in [9.17, 15) is 0 Å². The standard InChI is InChI=1S/C10H16ClOP/c11-13-8-6-10(9-13)5-3-1-2-4-7-12/h3,5,9,12H,1-2,4,6-8H2/b5-3+. The van der Waals surface area contributed by atoms with E-state index in [1.165, 1.54) is 5.57 Å². The fourth-order valence-electron chi connectivity index (χ4n) is 1.28. The van der Waals surface area contributed by atoms with E-state index in [-0.39, 0.29) is 7.27 Å². The number of aliphatic hydroxyl groups excluding tert-OH is 1. The number of hydrogen-bond donors (Lipinski definition) is 1. The summed E-state index contributed by atoms with van der Waals surface area (Å²) in [6.45, 7) is 0.309. The molecular weight excluding hydrogens is 203 g/mol. The summed E-state index contributed by atoms with van der Waals surface area (Å²) in [7, 11) is -0.313. The first-order valence-corrected chi connectivity index (χ1v) is 7.23. The van der Waals surface area contributed by atoms with Gasteiger partial charge in [0, 0.05) is 13.9 Å². The first-order chi connectivity index (χ1) is 6.33. The van der Waals surface area contributed by atoms with E-state index < -0.39 is 0 Å². The van der Waals surface area contributed by atoms with Crippen LogP contribution in [0.15, 0.2) is 23.5 Å². The van der Waals surface area contributed by atoms with E-state index >= 15 is 0 Å². The molecular formula is C10H16ClOP. The van der Waals surface area contributed by atoms with Crippen molar-refractivity contribution in [2.75, 3.05) is 12.8 Å². The average Bonchev–Trinajstić information content (AvgIpc) is 2.51. The van der Waals surface area contributed by atoms with Crippen molar-refractivity contribution in [2.45, 2.75) is 25.7 Å². The number of unbranched alkanes of at least 4 members (excludes halogenated alkanes) is 2. The van der Waals surface area contributed by atoms with Gasteiger partial charge < -0.3 is 5.11 Å². The summed E-state index contributed by atoms with van der Waals surface area (Å²) >= 11 is 5.99. The highest BCUT2D eigenvalue weighted by Gasteiger charge is 2.09. The van der Waals surface area contributed by atoms with Gasteiger partial charge in [-0.25, -0.2) is 0 Å². The molecule has 0 saturated heterocycles. The topological polar surface area (TPSA) is 20.2 Å². The summed E-state index contributed by atoms with van der Waals surface area (Å²) < 4.78 is 0. The molecule has 74 valence electrons. The van der Waals surface area contributed by atoms with Gasteiger partial charge in [-0.15, -0.1) is 0 Å². The van der Waals surface area contributed by atoms with E-state index in [4.69, 9.17) is 16.3 Å². The van der Waals surface area contributed by atoms with Crippen molar-refractivity contribution in [1.29, 1.82) is 0 Å². The highest BCUT2D eigenvalue weighted by molar-refractivity contribution is 7.86. The molecule has 13 heavy (non-hydrogen) atoms. The van der Waals surface area contributed by atoms with Gasteiger partial charge in [0.2, 0.25) is 0 Å². The van der Waals surface area contributed by atoms with Crippen LogP contribution >= 0.6 is 18.5 Å². The molecule has 0 amide bonds. The van der Waals surface area contributed by atoms with Crippen LogP contribution in [0.4, 0.5) is 0 Å². The third kappa shape index (κ3) is 4.81. The fourth-order valence-corrected chi connectivity index (χ4v) is 3.09. The molecule has 0 radical (unpaired) electrons. The second kappa shape index (κ2) is 6.59. The van der Waals surface area contributed by atoms with E-state index in [0.29, 0.717) is 6.61 Å². The Labute approximate surface area is 86.0 Å². The van der Waals surface area contributed by atoms with Gasteiger partial charge in [-0.2, -0.15) is 0 Å². The first-order valence-electron chi connectivity index (χ1n) is 4.73. The summed E-state index contributed by atoms with van der Waals surface area (Å²) in [6.07, 6.45) is 9.72. The van der Waals surface area contributed by atoms with Gasteiger partial charge in [-0.1, -0.05) is 23.4 Å². The number of halogens is 1. The van der Waals surface area contributed by atoms with Crippen LogP contribution in [0.1, 0.15) is 25.7 Å². The number of rotatable bonds is 5. The zero-order chi connectivity index (χ0) is 9.52. The van der Waals surface area contributed by atoms with E-state index in [2.05, 4.69) is 18.0 Å². The van der Waals surface area contributed by atoms with Crippen LogP contribution in [0.3, 0.4) is 0 Å². The number of allylic oxidation sites excluding steroid dienone is 3. The van der Waals surface area contributed by atoms with Crippen LogP contribution in [0.2, 0.25) is 0 Å². The molecule has 1 rings (SSSR count). The van der Waals surface area contributed by atoms with Crippen molar-refractivity contribution in [3.8, 4) is 0 Å².